The molecule has 0 atom stereocenters. The van der Waals surface area contributed by atoms with E-state index in [4.69, 9.17) is 9.47 Å². The number of rotatable bonds is 5. The first-order valence-corrected chi connectivity index (χ1v) is 8.36. The van der Waals surface area contributed by atoms with Crippen LogP contribution in [0.25, 0.3) is 0 Å². The zero-order valence-electron chi connectivity index (χ0n) is 14.0. The maximum atomic E-state index is 11.9. The van der Waals surface area contributed by atoms with E-state index < -0.39 is 10.9 Å². The molecular weight excluding hydrogens is 334 g/mol. The third-order valence-corrected chi connectivity index (χ3v) is 4.10. The largest absolute Gasteiger partial charge is 0.490 e. The van der Waals surface area contributed by atoms with Crippen molar-refractivity contribution in [3.8, 4) is 11.5 Å². The lowest BCUT2D eigenvalue weighted by molar-refractivity contribution is 0.297. The Morgan fingerprint density at radius 2 is 1.77 bits per heavy atom. The lowest BCUT2D eigenvalue weighted by Crippen LogP contribution is -2.36. The number of benzene rings is 1. The summed E-state index contributed by atoms with van der Waals surface area (Å²) in [7, 11) is 0. The molecular formula is C19H17N3O4. The molecule has 0 radical (unpaired) electrons. The van der Waals surface area contributed by atoms with E-state index in [1.807, 2.05) is 18.2 Å². The van der Waals surface area contributed by atoms with E-state index in [9.17, 15) is 9.59 Å². The van der Waals surface area contributed by atoms with Gasteiger partial charge in [0.2, 0.25) is 0 Å². The Hall–Kier alpha value is -3.35. The number of pyridine rings is 1. The van der Waals surface area contributed by atoms with E-state index in [0.29, 0.717) is 36.9 Å². The number of ether oxygens (including phenoxy) is 2. The first-order chi connectivity index (χ1) is 12.7. The zero-order valence-corrected chi connectivity index (χ0v) is 14.0. The van der Waals surface area contributed by atoms with Crippen molar-refractivity contribution in [3.63, 3.8) is 0 Å². The van der Waals surface area contributed by atoms with E-state index in [-0.39, 0.29) is 11.4 Å². The van der Waals surface area contributed by atoms with Crippen molar-refractivity contribution in [1.82, 2.24) is 4.98 Å². The Bertz CT molecular complexity index is 994. The van der Waals surface area contributed by atoms with Crippen molar-refractivity contribution in [2.24, 2.45) is 0 Å². The molecule has 0 saturated carbocycles. The van der Waals surface area contributed by atoms with Gasteiger partial charge in [-0.3, -0.25) is 14.6 Å². The maximum Gasteiger partial charge on any atom is 0.253 e. The van der Waals surface area contributed by atoms with Crippen LogP contribution in [-0.4, -0.2) is 18.2 Å². The molecule has 1 aromatic heterocycles. The predicted molar refractivity (Wildman–Crippen MR) is 98.2 cm³/mol. The normalized spacial score (nSPS) is 13.2. The minimum absolute atomic E-state index is 0.250. The molecule has 0 saturated heterocycles. The lowest BCUT2D eigenvalue weighted by atomic mass is 10.1. The highest BCUT2D eigenvalue weighted by Gasteiger charge is 2.21. The Morgan fingerprint density at radius 3 is 2.58 bits per heavy atom. The van der Waals surface area contributed by atoms with Gasteiger partial charge in [-0.25, -0.2) is 0 Å². The van der Waals surface area contributed by atoms with Gasteiger partial charge >= 0.3 is 0 Å². The van der Waals surface area contributed by atoms with Crippen molar-refractivity contribution in [3.05, 3.63) is 68.7 Å². The standard InChI is InChI=1S/C19H17N3O4/c23-18-16(21-11-13-4-1-2-7-20-13)17(19(18)24)22-12-5-6-14-15(10-12)26-9-3-8-25-14/h1-2,4-7,10,21-22H,3,8-9,11H2. The number of anilines is 3. The Balaban J connectivity index is 1.52. The fraction of sp³-hybridized carbons (Fsp3) is 0.211. The van der Waals surface area contributed by atoms with Gasteiger partial charge in [-0.05, 0) is 24.3 Å². The molecule has 1 aliphatic heterocycles. The minimum Gasteiger partial charge on any atom is -0.490 e. The molecule has 0 aliphatic carbocycles. The van der Waals surface area contributed by atoms with Crippen molar-refractivity contribution in [1.29, 1.82) is 0 Å². The molecule has 0 bridgehead atoms. The number of nitrogens with zero attached hydrogens (tertiary/aromatic N) is 1. The third-order valence-electron chi connectivity index (χ3n) is 4.10. The molecule has 0 unspecified atom stereocenters. The molecule has 132 valence electrons. The van der Waals surface area contributed by atoms with Gasteiger partial charge in [-0.15, -0.1) is 0 Å². The van der Waals surface area contributed by atoms with Crippen LogP contribution < -0.4 is 31.0 Å². The summed E-state index contributed by atoms with van der Waals surface area (Å²) in [5, 5.41) is 5.99. The average Bonchev–Trinajstić information content (AvgIpc) is 2.92. The van der Waals surface area contributed by atoms with Crippen molar-refractivity contribution >= 4 is 17.1 Å². The number of aromatic nitrogens is 1. The SMILES string of the molecule is O=c1c(NCc2ccccn2)c(Nc2ccc3c(c2)OCCCO3)c1=O. The molecule has 2 N–H and O–H groups in total. The molecule has 0 fully saturated rings. The first-order valence-electron chi connectivity index (χ1n) is 8.36. The van der Waals surface area contributed by atoms with Gasteiger partial charge in [0, 0.05) is 24.4 Å². The maximum absolute atomic E-state index is 11.9. The molecule has 7 nitrogen and oxygen atoms in total. The van der Waals surface area contributed by atoms with Gasteiger partial charge in [0.1, 0.15) is 11.4 Å². The Kier molecular flexibility index (Phi) is 4.27. The topological polar surface area (TPSA) is 89.6 Å². The second-order valence-electron chi connectivity index (χ2n) is 5.92. The molecule has 2 aromatic carbocycles. The van der Waals surface area contributed by atoms with Crippen LogP contribution in [0.15, 0.2) is 52.2 Å². The second kappa shape index (κ2) is 6.87. The van der Waals surface area contributed by atoms with Crippen molar-refractivity contribution < 1.29 is 9.47 Å². The molecule has 3 aromatic rings. The van der Waals surface area contributed by atoms with Gasteiger partial charge in [0.05, 0.1) is 25.5 Å². The first kappa shape index (κ1) is 16.1. The molecule has 2 heterocycles. The summed E-state index contributed by atoms with van der Waals surface area (Å²) in [6.45, 7) is 1.55. The minimum atomic E-state index is -0.541. The summed E-state index contributed by atoms with van der Waals surface area (Å²) in [6, 6.07) is 10.9. The van der Waals surface area contributed by atoms with Crippen LogP contribution in [0.4, 0.5) is 17.1 Å². The van der Waals surface area contributed by atoms with Crippen LogP contribution in [0.5, 0.6) is 11.5 Å². The molecule has 4 rings (SSSR count). The smallest absolute Gasteiger partial charge is 0.253 e. The van der Waals surface area contributed by atoms with Crippen molar-refractivity contribution in [2.75, 3.05) is 23.8 Å². The van der Waals surface area contributed by atoms with E-state index in [2.05, 4.69) is 15.6 Å². The van der Waals surface area contributed by atoms with E-state index in [0.717, 1.165) is 12.1 Å². The number of nitrogens with one attached hydrogen (secondary N) is 2. The summed E-state index contributed by atoms with van der Waals surface area (Å²) >= 11 is 0. The Morgan fingerprint density at radius 1 is 0.962 bits per heavy atom. The summed E-state index contributed by atoms with van der Waals surface area (Å²) in [5.41, 5.74) is 0.885. The van der Waals surface area contributed by atoms with Crippen LogP contribution in [-0.2, 0) is 6.54 Å². The average molecular weight is 351 g/mol. The summed E-state index contributed by atoms with van der Waals surface area (Å²) in [5.74, 6) is 1.29. The highest BCUT2D eigenvalue weighted by atomic mass is 16.5. The van der Waals surface area contributed by atoms with E-state index in [1.165, 1.54) is 0 Å². The quantitative estimate of drug-likeness (QED) is 0.681. The second-order valence-corrected chi connectivity index (χ2v) is 5.92. The monoisotopic (exact) mass is 351 g/mol. The van der Waals surface area contributed by atoms with Gasteiger partial charge in [0.15, 0.2) is 11.5 Å². The van der Waals surface area contributed by atoms with E-state index in [1.54, 1.807) is 24.4 Å². The third kappa shape index (κ3) is 3.11. The highest BCUT2D eigenvalue weighted by Crippen LogP contribution is 2.33. The van der Waals surface area contributed by atoms with Crippen LogP contribution in [0.3, 0.4) is 0 Å². The summed E-state index contributed by atoms with van der Waals surface area (Å²) in [4.78, 5) is 28.0. The summed E-state index contributed by atoms with van der Waals surface area (Å²) in [6.07, 6.45) is 2.49. The number of fused-ring (bicyclic) bond motifs is 1. The molecule has 7 heteroatoms. The van der Waals surface area contributed by atoms with Crippen LogP contribution >= 0.6 is 0 Å². The fourth-order valence-corrected chi connectivity index (χ4v) is 2.75. The number of hydrogen-bond acceptors (Lipinski definition) is 7. The molecule has 26 heavy (non-hydrogen) atoms. The molecule has 1 aliphatic rings. The zero-order chi connectivity index (χ0) is 17.9. The Labute approximate surface area is 149 Å². The van der Waals surface area contributed by atoms with Gasteiger partial charge in [0.25, 0.3) is 10.9 Å². The van der Waals surface area contributed by atoms with Gasteiger partial charge in [-0.2, -0.15) is 0 Å². The van der Waals surface area contributed by atoms with Crippen LogP contribution in [0, 0.1) is 0 Å². The lowest BCUT2D eigenvalue weighted by Gasteiger charge is -2.16. The van der Waals surface area contributed by atoms with Crippen LogP contribution in [0.2, 0.25) is 0 Å². The highest BCUT2D eigenvalue weighted by molar-refractivity contribution is 5.79. The van der Waals surface area contributed by atoms with E-state index >= 15 is 0 Å². The molecule has 0 spiro atoms. The van der Waals surface area contributed by atoms with Gasteiger partial charge < -0.3 is 20.1 Å². The fourth-order valence-electron chi connectivity index (χ4n) is 2.75. The summed E-state index contributed by atoms with van der Waals surface area (Å²) < 4.78 is 11.2. The van der Waals surface area contributed by atoms with Gasteiger partial charge in [-0.1, -0.05) is 6.07 Å². The van der Waals surface area contributed by atoms with Crippen LogP contribution in [0.1, 0.15) is 12.1 Å². The molecule has 0 amide bonds. The predicted octanol–water partition coefficient (Wildman–Crippen LogP) is 2.19. The van der Waals surface area contributed by atoms with Crippen molar-refractivity contribution in [2.45, 2.75) is 13.0 Å². The number of hydrogen-bond donors (Lipinski definition) is 2.